The summed E-state index contributed by atoms with van der Waals surface area (Å²) in [6.07, 6.45) is 4.44. The highest BCUT2D eigenvalue weighted by Gasteiger charge is 2.75. The monoisotopic (exact) mass is 392 g/mol. The quantitative estimate of drug-likeness (QED) is 0.667. The zero-order chi connectivity index (χ0) is 20.7. The molecule has 0 aromatic carbocycles. The molecule has 0 aromatic rings. The van der Waals surface area contributed by atoms with E-state index in [1.54, 1.807) is 26.8 Å². The number of aliphatic hydroxyl groups is 3. The van der Waals surface area contributed by atoms with Crippen LogP contribution in [0, 0.1) is 28.6 Å². The van der Waals surface area contributed by atoms with Crippen molar-refractivity contribution in [1.82, 2.24) is 0 Å². The largest absolute Gasteiger partial charge is 0.390 e. The Morgan fingerprint density at radius 2 is 2.00 bits per heavy atom. The van der Waals surface area contributed by atoms with Crippen LogP contribution >= 0.6 is 0 Å². The molecule has 28 heavy (non-hydrogen) atoms. The van der Waals surface area contributed by atoms with Crippen LogP contribution in [0.2, 0.25) is 0 Å². The van der Waals surface area contributed by atoms with Crippen molar-refractivity contribution in [2.75, 3.05) is 6.61 Å². The van der Waals surface area contributed by atoms with Gasteiger partial charge in [0.15, 0.2) is 17.2 Å². The molecule has 6 heteroatoms. The fraction of sp³-hybridized carbons (Fsp3) is 0.727. The summed E-state index contributed by atoms with van der Waals surface area (Å²) >= 11 is 0. The van der Waals surface area contributed by atoms with E-state index in [1.165, 1.54) is 12.2 Å². The standard InChI is InChI=1S/C22H29FO5/c1-12-8-16-15-5-4-13-9-14(25)6-7-19(13,2)21(15,23)17(26)10-20(16,3)22(12,28)18(27)11-24/h6-7,9,12,15-17,24,26,28H,4-5,8,10-11H2,1-3H3/t12-,15-,16-,17-,19-,20-,21?,22-/m0/s1. The van der Waals surface area contributed by atoms with E-state index in [-0.39, 0.29) is 18.1 Å². The van der Waals surface area contributed by atoms with Crippen LogP contribution in [0.3, 0.4) is 0 Å². The fourth-order valence-corrected chi connectivity index (χ4v) is 7.26. The molecule has 0 bridgehead atoms. The number of fused-ring (bicyclic) bond motifs is 5. The number of halogens is 1. The SMILES string of the molecule is C[C@H]1C[C@H]2[C@@H]3CCC4=CC(=O)C=C[C@]4(C)C3(F)[C@@H](O)C[C@]2(C)[C@@]1(O)C(=O)CO. The van der Waals surface area contributed by atoms with Crippen molar-refractivity contribution >= 4 is 11.6 Å². The van der Waals surface area contributed by atoms with E-state index in [4.69, 9.17) is 0 Å². The van der Waals surface area contributed by atoms with E-state index in [9.17, 15) is 24.9 Å². The minimum atomic E-state index is -1.98. The lowest BCUT2D eigenvalue weighted by Crippen LogP contribution is -2.69. The zero-order valence-corrected chi connectivity index (χ0v) is 16.6. The second-order valence-corrected chi connectivity index (χ2v) is 9.75. The molecule has 3 fully saturated rings. The highest BCUT2D eigenvalue weighted by atomic mass is 19.1. The summed E-state index contributed by atoms with van der Waals surface area (Å²) < 4.78 is 16.9. The predicted octanol–water partition coefficient (Wildman–Crippen LogP) is 1.90. The molecule has 0 heterocycles. The molecule has 0 amide bonds. The molecule has 0 aliphatic heterocycles. The molecule has 8 atom stereocenters. The molecule has 0 radical (unpaired) electrons. The first-order valence-electron chi connectivity index (χ1n) is 10.1. The molecule has 154 valence electrons. The summed E-state index contributed by atoms with van der Waals surface area (Å²) in [6.45, 7) is 4.48. The van der Waals surface area contributed by atoms with Crippen LogP contribution < -0.4 is 0 Å². The third-order valence-electron chi connectivity index (χ3n) is 8.79. The molecule has 0 saturated heterocycles. The first-order chi connectivity index (χ1) is 13.0. The second kappa shape index (κ2) is 5.83. The second-order valence-electron chi connectivity index (χ2n) is 9.75. The summed E-state index contributed by atoms with van der Waals surface area (Å²) in [6, 6.07) is 0. The summed E-state index contributed by atoms with van der Waals surface area (Å²) in [7, 11) is 0. The van der Waals surface area contributed by atoms with Gasteiger partial charge in [0.1, 0.15) is 12.2 Å². The van der Waals surface area contributed by atoms with Crippen molar-refractivity contribution in [3.05, 3.63) is 23.8 Å². The molecule has 0 aromatic heterocycles. The fourth-order valence-electron chi connectivity index (χ4n) is 7.26. The topological polar surface area (TPSA) is 94.8 Å². The van der Waals surface area contributed by atoms with Crippen molar-refractivity contribution in [3.8, 4) is 0 Å². The number of allylic oxidation sites excluding steroid dienone is 4. The van der Waals surface area contributed by atoms with Crippen molar-refractivity contribution < 1.29 is 29.3 Å². The number of rotatable bonds is 2. The molecular weight excluding hydrogens is 363 g/mol. The summed E-state index contributed by atoms with van der Waals surface area (Å²) in [5.74, 6) is -2.12. The Labute approximate surface area is 164 Å². The van der Waals surface area contributed by atoms with Crippen LogP contribution in [0.1, 0.15) is 46.5 Å². The maximum absolute atomic E-state index is 16.9. The summed E-state index contributed by atoms with van der Waals surface area (Å²) in [4.78, 5) is 24.4. The number of alkyl halides is 1. The Morgan fingerprint density at radius 3 is 2.64 bits per heavy atom. The lowest BCUT2D eigenvalue weighted by Gasteiger charge is -2.62. The Hall–Kier alpha value is -1.37. The number of aliphatic hydroxyl groups excluding tert-OH is 2. The van der Waals surface area contributed by atoms with E-state index in [0.29, 0.717) is 24.8 Å². The number of carbonyl (C=O) groups excluding carboxylic acids is 2. The Balaban J connectivity index is 1.84. The van der Waals surface area contributed by atoms with Gasteiger partial charge < -0.3 is 15.3 Å². The van der Waals surface area contributed by atoms with Gasteiger partial charge in [0, 0.05) is 16.7 Å². The number of hydrogen-bond donors (Lipinski definition) is 3. The molecular formula is C22H29FO5. The van der Waals surface area contributed by atoms with E-state index < -0.39 is 52.4 Å². The van der Waals surface area contributed by atoms with Crippen molar-refractivity contribution in [3.63, 3.8) is 0 Å². The van der Waals surface area contributed by atoms with E-state index in [2.05, 4.69) is 0 Å². The van der Waals surface area contributed by atoms with Gasteiger partial charge in [-0.3, -0.25) is 9.59 Å². The molecule has 4 aliphatic carbocycles. The van der Waals surface area contributed by atoms with E-state index >= 15 is 4.39 Å². The Morgan fingerprint density at radius 1 is 1.32 bits per heavy atom. The van der Waals surface area contributed by atoms with Crippen molar-refractivity contribution in [2.24, 2.45) is 28.6 Å². The normalized spacial score (nSPS) is 52.5. The van der Waals surface area contributed by atoms with Crippen LogP contribution in [0.25, 0.3) is 0 Å². The number of ketones is 2. The van der Waals surface area contributed by atoms with Crippen LogP contribution in [-0.4, -0.2) is 50.9 Å². The van der Waals surface area contributed by atoms with Gasteiger partial charge in [-0.1, -0.05) is 25.5 Å². The Bertz CT molecular complexity index is 805. The van der Waals surface area contributed by atoms with Gasteiger partial charge in [-0.05, 0) is 56.6 Å². The average Bonchev–Trinajstić information content (AvgIpc) is 2.84. The first-order valence-corrected chi connectivity index (χ1v) is 10.1. The van der Waals surface area contributed by atoms with Gasteiger partial charge in [0.2, 0.25) is 0 Å². The molecule has 3 N–H and O–H groups in total. The van der Waals surface area contributed by atoms with Gasteiger partial charge in [-0.2, -0.15) is 0 Å². The van der Waals surface area contributed by atoms with Crippen LogP contribution in [0.5, 0.6) is 0 Å². The van der Waals surface area contributed by atoms with Crippen LogP contribution in [0.15, 0.2) is 23.8 Å². The number of hydrogen-bond acceptors (Lipinski definition) is 5. The van der Waals surface area contributed by atoms with Gasteiger partial charge in [-0.15, -0.1) is 0 Å². The maximum atomic E-state index is 16.9. The molecule has 5 nitrogen and oxygen atoms in total. The molecule has 4 rings (SSSR count). The highest BCUT2D eigenvalue weighted by molar-refractivity contribution is 6.01. The lowest BCUT2D eigenvalue weighted by molar-refractivity contribution is -0.219. The summed E-state index contributed by atoms with van der Waals surface area (Å²) in [5, 5.41) is 32.0. The van der Waals surface area contributed by atoms with Crippen LogP contribution in [0.4, 0.5) is 4.39 Å². The third kappa shape index (κ3) is 2.01. The zero-order valence-electron chi connectivity index (χ0n) is 16.6. The minimum absolute atomic E-state index is 0.0676. The lowest BCUT2D eigenvalue weighted by atomic mass is 9.44. The van der Waals surface area contributed by atoms with Gasteiger partial charge in [0.25, 0.3) is 0 Å². The average molecular weight is 392 g/mol. The van der Waals surface area contributed by atoms with E-state index in [0.717, 1.165) is 0 Å². The number of carbonyl (C=O) groups is 2. The number of Topliss-reactive ketones (excluding diaryl/α,β-unsaturated/α-hetero) is 1. The van der Waals surface area contributed by atoms with E-state index in [1.807, 2.05) is 0 Å². The third-order valence-corrected chi connectivity index (χ3v) is 8.79. The van der Waals surface area contributed by atoms with Crippen molar-refractivity contribution in [2.45, 2.75) is 63.8 Å². The molecule has 4 aliphatic rings. The van der Waals surface area contributed by atoms with Gasteiger partial charge in [0.05, 0.1) is 6.10 Å². The van der Waals surface area contributed by atoms with Gasteiger partial charge in [-0.25, -0.2) is 4.39 Å². The van der Waals surface area contributed by atoms with Crippen LogP contribution in [-0.2, 0) is 9.59 Å². The van der Waals surface area contributed by atoms with Gasteiger partial charge >= 0.3 is 0 Å². The minimum Gasteiger partial charge on any atom is -0.390 e. The summed E-state index contributed by atoms with van der Waals surface area (Å²) in [5.41, 5.74) is -5.17. The van der Waals surface area contributed by atoms with Crippen molar-refractivity contribution in [1.29, 1.82) is 0 Å². The molecule has 1 unspecified atom stereocenters. The maximum Gasteiger partial charge on any atom is 0.190 e. The highest BCUT2D eigenvalue weighted by Crippen LogP contribution is 2.70. The first kappa shape index (κ1) is 19.9. The Kier molecular flexibility index (Phi) is 4.15. The predicted molar refractivity (Wildman–Crippen MR) is 99.9 cm³/mol. The molecule has 0 spiro atoms. The molecule has 3 saturated carbocycles. The smallest absolute Gasteiger partial charge is 0.190 e.